The van der Waals surface area contributed by atoms with E-state index in [1.165, 1.54) is 0 Å². The Labute approximate surface area is 245 Å². The van der Waals surface area contributed by atoms with E-state index in [0.29, 0.717) is 34.7 Å². The van der Waals surface area contributed by atoms with E-state index in [-0.39, 0.29) is 18.6 Å². The maximum atomic E-state index is 5.96. The minimum Gasteiger partial charge on any atom is -0.416 e. The van der Waals surface area contributed by atoms with Gasteiger partial charge in [-0.1, -0.05) is 18.2 Å². The molecule has 0 amide bonds. The predicted octanol–water partition coefficient (Wildman–Crippen LogP) is 6.03. The number of hydrogen-bond acceptors (Lipinski definition) is 10. The summed E-state index contributed by atoms with van der Waals surface area (Å²) in [6, 6.07) is 26.4. The smallest absolute Gasteiger partial charge is 0.249 e. The summed E-state index contributed by atoms with van der Waals surface area (Å²) < 4.78 is 11.9. The van der Waals surface area contributed by atoms with Crippen molar-refractivity contribution in [2.45, 2.75) is 0 Å². The van der Waals surface area contributed by atoms with Crippen LogP contribution in [0.15, 0.2) is 119 Å². The molecule has 0 atom stereocenters. The van der Waals surface area contributed by atoms with Gasteiger partial charge in [-0.05, 0) is 66.7 Å². The summed E-state index contributed by atoms with van der Waals surface area (Å²) in [5.41, 5.74) is 5.95. The number of hydrogen-bond donors (Lipinski definition) is 0. The Balaban J connectivity index is 0.00000302. The third-order valence-corrected chi connectivity index (χ3v) is 6.08. The van der Waals surface area contributed by atoms with Crippen LogP contribution in [-0.2, 0) is 18.6 Å². The van der Waals surface area contributed by atoms with Gasteiger partial charge in [-0.25, -0.2) is 0 Å². The Morgan fingerprint density at radius 2 is 0.829 bits per heavy atom. The summed E-state index contributed by atoms with van der Waals surface area (Å²) in [4.78, 5) is 17.6. The van der Waals surface area contributed by atoms with Gasteiger partial charge in [0.1, 0.15) is 0 Å². The first-order valence-electron chi connectivity index (χ1n) is 12.3. The number of rotatable bonds is 6. The molecule has 11 heteroatoms. The van der Waals surface area contributed by atoms with E-state index in [1.54, 1.807) is 24.8 Å². The number of aromatic nitrogens is 8. The van der Waals surface area contributed by atoms with E-state index in [9.17, 15) is 0 Å². The van der Waals surface area contributed by atoms with E-state index >= 15 is 0 Å². The maximum Gasteiger partial charge on any atom is 0.249 e. The first kappa shape index (κ1) is 25.9. The van der Waals surface area contributed by atoms with Gasteiger partial charge in [0.15, 0.2) is 0 Å². The second-order valence-electron chi connectivity index (χ2n) is 8.70. The largest absolute Gasteiger partial charge is 0.416 e. The minimum atomic E-state index is 0. The maximum absolute atomic E-state index is 5.96. The van der Waals surface area contributed by atoms with Crippen LogP contribution in [-0.4, -0.2) is 40.3 Å². The zero-order valence-electron chi connectivity index (χ0n) is 21.2. The van der Waals surface area contributed by atoms with Crippen LogP contribution in [0.1, 0.15) is 0 Å². The van der Waals surface area contributed by atoms with Crippen LogP contribution in [0, 0.1) is 0 Å². The van der Waals surface area contributed by atoms with E-state index in [1.807, 2.05) is 84.9 Å². The first-order valence-corrected chi connectivity index (χ1v) is 12.3. The third kappa shape index (κ3) is 5.42. The molecule has 0 aliphatic carbocycles. The molecule has 0 aliphatic rings. The fourth-order valence-corrected chi connectivity index (χ4v) is 4.07. The van der Waals surface area contributed by atoms with Gasteiger partial charge in [-0.3, -0.25) is 19.9 Å². The van der Waals surface area contributed by atoms with Crippen molar-refractivity contribution in [1.82, 2.24) is 40.3 Å². The summed E-state index contributed by atoms with van der Waals surface area (Å²) in [6.07, 6.45) is 6.85. The first-order chi connectivity index (χ1) is 19.8. The molecule has 1 aromatic carbocycles. The third-order valence-electron chi connectivity index (χ3n) is 6.08. The second kappa shape index (κ2) is 11.4. The molecule has 0 N–H and O–H groups in total. The Bertz CT molecular complexity index is 1760. The SMILES string of the molecule is [V].c1ccc(-c2ccc(-c3nnc(-c4cccc(-c5nnc(-c6ccc(-c7ccccn7)nc6)o5)c4)o3)cn2)nc1. The molecule has 1 radical (unpaired) electrons. The van der Waals surface area contributed by atoms with Gasteiger partial charge in [-0.2, -0.15) is 0 Å². The van der Waals surface area contributed by atoms with E-state index in [0.717, 1.165) is 33.9 Å². The number of benzene rings is 1. The van der Waals surface area contributed by atoms with Gasteiger partial charge in [0.05, 0.1) is 33.9 Å². The van der Waals surface area contributed by atoms with Gasteiger partial charge < -0.3 is 8.83 Å². The Morgan fingerprint density at radius 3 is 1.22 bits per heavy atom. The minimum absolute atomic E-state index is 0. The number of nitrogens with zero attached hydrogens (tertiary/aromatic N) is 8. The molecule has 0 saturated heterocycles. The normalized spacial score (nSPS) is 10.7. The molecule has 7 rings (SSSR count). The summed E-state index contributed by atoms with van der Waals surface area (Å²) in [7, 11) is 0. The van der Waals surface area contributed by atoms with Crippen molar-refractivity contribution < 1.29 is 27.4 Å². The average molecular weight is 573 g/mol. The molecule has 0 fully saturated rings. The molecule has 41 heavy (non-hydrogen) atoms. The fourth-order valence-electron chi connectivity index (χ4n) is 4.07. The molecule has 7 aromatic rings. The number of pyridine rings is 4. The molecule has 0 unspecified atom stereocenters. The van der Waals surface area contributed by atoms with Crippen LogP contribution >= 0.6 is 0 Å². The van der Waals surface area contributed by atoms with Crippen LogP contribution in [0.2, 0.25) is 0 Å². The Morgan fingerprint density at radius 1 is 0.390 bits per heavy atom. The molecule has 6 aromatic heterocycles. The standard InChI is InChI=1S/C30H18N8O2.V/c1-3-14-31-23(8-1)25-12-10-21(17-33-25)29-37-35-27(39-29)19-6-5-7-20(16-19)28-36-38-30(40-28)22-11-13-26(34-18-22)24-9-2-4-15-32-24;/h1-18H;. The summed E-state index contributed by atoms with van der Waals surface area (Å²) >= 11 is 0. The van der Waals surface area contributed by atoms with Crippen LogP contribution in [0.5, 0.6) is 0 Å². The van der Waals surface area contributed by atoms with Gasteiger partial charge in [0, 0.05) is 54.5 Å². The monoisotopic (exact) mass is 573 g/mol. The Kier molecular flexibility index (Phi) is 7.23. The summed E-state index contributed by atoms with van der Waals surface area (Å²) in [6.45, 7) is 0. The van der Waals surface area contributed by atoms with E-state index < -0.39 is 0 Å². The van der Waals surface area contributed by atoms with Crippen molar-refractivity contribution in [3.05, 3.63) is 110 Å². The van der Waals surface area contributed by atoms with Crippen molar-refractivity contribution >= 4 is 0 Å². The molecule has 0 spiro atoms. The summed E-state index contributed by atoms with van der Waals surface area (Å²) in [5, 5.41) is 16.9. The topological polar surface area (TPSA) is 129 Å². The van der Waals surface area contributed by atoms with Crippen molar-refractivity contribution in [3.8, 4) is 68.6 Å². The molecular formula is C30H18N8O2V. The van der Waals surface area contributed by atoms with Crippen molar-refractivity contribution in [1.29, 1.82) is 0 Å². The van der Waals surface area contributed by atoms with Gasteiger partial charge in [-0.15, -0.1) is 20.4 Å². The van der Waals surface area contributed by atoms with E-state index in [2.05, 4.69) is 40.3 Å². The van der Waals surface area contributed by atoms with Crippen LogP contribution in [0.4, 0.5) is 0 Å². The van der Waals surface area contributed by atoms with Crippen LogP contribution in [0.25, 0.3) is 68.6 Å². The Hall–Kier alpha value is -5.32. The molecule has 195 valence electrons. The molecule has 0 bridgehead atoms. The quantitative estimate of drug-likeness (QED) is 0.232. The molecule has 6 heterocycles. The van der Waals surface area contributed by atoms with Crippen molar-refractivity contribution in [3.63, 3.8) is 0 Å². The van der Waals surface area contributed by atoms with Crippen LogP contribution < -0.4 is 0 Å². The van der Waals surface area contributed by atoms with Crippen molar-refractivity contribution in [2.75, 3.05) is 0 Å². The van der Waals surface area contributed by atoms with Gasteiger partial charge >= 0.3 is 0 Å². The molecular weight excluding hydrogens is 555 g/mol. The molecule has 0 aliphatic heterocycles. The second-order valence-corrected chi connectivity index (χ2v) is 8.70. The summed E-state index contributed by atoms with van der Waals surface area (Å²) in [5.74, 6) is 1.45. The van der Waals surface area contributed by atoms with Crippen molar-refractivity contribution in [2.24, 2.45) is 0 Å². The van der Waals surface area contributed by atoms with Gasteiger partial charge in [0.2, 0.25) is 23.6 Å². The van der Waals surface area contributed by atoms with Gasteiger partial charge in [0.25, 0.3) is 0 Å². The predicted molar refractivity (Wildman–Crippen MR) is 146 cm³/mol. The molecule has 10 nitrogen and oxygen atoms in total. The zero-order valence-corrected chi connectivity index (χ0v) is 22.6. The van der Waals surface area contributed by atoms with E-state index in [4.69, 9.17) is 8.83 Å². The average Bonchev–Trinajstić information content (AvgIpc) is 3.74. The zero-order chi connectivity index (χ0) is 26.7. The fraction of sp³-hybridized carbons (Fsp3) is 0. The molecule has 0 saturated carbocycles. The van der Waals surface area contributed by atoms with Crippen LogP contribution in [0.3, 0.4) is 0 Å².